The predicted molar refractivity (Wildman–Crippen MR) is 84.2 cm³/mol. The summed E-state index contributed by atoms with van der Waals surface area (Å²) < 4.78 is 6.42. The van der Waals surface area contributed by atoms with Crippen LogP contribution in [0.4, 0.5) is 0 Å². The van der Waals surface area contributed by atoms with E-state index in [4.69, 9.17) is 10.5 Å². The number of ether oxygens (including phenoxy) is 1. The van der Waals surface area contributed by atoms with Gasteiger partial charge in [0.2, 0.25) is 0 Å². The summed E-state index contributed by atoms with van der Waals surface area (Å²) in [6.45, 7) is 3.11. The zero-order chi connectivity index (χ0) is 15.3. The Hall–Kier alpha value is -1.10. The number of aliphatic hydroxyl groups is 1. The molecule has 1 saturated heterocycles. The second-order valence-corrected chi connectivity index (χ2v) is 7.83. The Kier molecular flexibility index (Phi) is 2.34. The van der Waals surface area contributed by atoms with Gasteiger partial charge in [-0.2, -0.15) is 0 Å². The molecule has 5 atom stereocenters. The molecule has 0 amide bonds. The first kappa shape index (κ1) is 13.3. The van der Waals surface area contributed by atoms with E-state index in [0.717, 1.165) is 38.0 Å². The normalized spacial score (nSPS) is 45.4. The smallest absolute Gasteiger partial charge is 0.127 e. The van der Waals surface area contributed by atoms with Crippen molar-refractivity contribution in [2.75, 3.05) is 13.6 Å². The number of rotatable bonds is 0. The van der Waals surface area contributed by atoms with Gasteiger partial charge in [0.25, 0.3) is 0 Å². The maximum atomic E-state index is 11.8. The second kappa shape index (κ2) is 3.86. The van der Waals surface area contributed by atoms with Crippen LogP contribution in [0, 0.1) is 6.92 Å². The SMILES string of the molecule is Cc1ccc2c3c1OC1C(N)CC[C@]4(O)[C@H](C2)N(C)CC[C@@]314. The average molecular weight is 300 g/mol. The van der Waals surface area contributed by atoms with Crippen molar-refractivity contribution in [3.63, 3.8) is 0 Å². The van der Waals surface area contributed by atoms with Gasteiger partial charge in [-0.15, -0.1) is 0 Å². The lowest BCUT2D eigenvalue weighted by Crippen LogP contribution is -2.77. The monoisotopic (exact) mass is 300 g/mol. The number of likely N-dealkylation sites (N-methyl/N-ethyl adjacent to an activating group) is 1. The number of nitrogens with zero attached hydrogens (tertiary/aromatic N) is 1. The molecule has 1 spiro atoms. The Morgan fingerprint density at radius 2 is 2.18 bits per heavy atom. The first-order valence-electron chi connectivity index (χ1n) is 8.47. The quantitative estimate of drug-likeness (QED) is 0.753. The minimum absolute atomic E-state index is 0.0158. The summed E-state index contributed by atoms with van der Waals surface area (Å²) in [4.78, 5) is 2.35. The van der Waals surface area contributed by atoms with E-state index in [-0.39, 0.29) is 23.6 Å². The molecule has 0 radical (unpaired) electrons. The van der Waals surface area contributed by atoms with Gasteiger partial charge >= 0.3 is 0 Å². The number of nitrogens with two attached hydrogens (primary N) is 1. The third-order valence-corrected chi connectivity index (χ3v) is 6.99. The van der Waals surface area contributed by atoms with Gasteiger partial charge < -0.3 is 20.5 Å². The molecule has 2 fully saturated rings. The van der Waals surface area contributed by atoms with Crippen LogP contribution in [0.15, 0.2) is 12.1 Å². The number of likely N-dealkylation sites (tertiary alicyclic amines) is 1. The summed E-state index contributed by atoms with van der Waals surface area (Å²) in [7, 11) is 2.15. The Morgan fingerprint density at radius 3 is 3.00 bits per heavy atom. The number of benzene rings is 1. The molecule has 4 nitrogen and oxygen atoms in total. The Morgan fingerprint density at radius 1 is 1.36 bits per heavy atom. The van der Waals surface area contributed by atoms with E-state index in [1.54, 1.807) is 0 Å². The van der Waals surface area contributed by atoms with Crippen LogP contribution in [0.5, 0.6) is 5.75 Å². The van der Waals surface area contributed by atoms with E-state index in [2.05, 4.69) is 31.0 Å². The van der Waals surface area contributed by atoms with Crippen LogP contribution >= 0.6 is 0 Å². The molecule has 2 unspecified atom stereocenters. The number of hydrogen-bond donors (Lipinski definition) is 2. The van der Waals surface area contributed by atoms with Gasteiger partial charge in [-0.3, -0.25) is 0 Å². The van der Waals surface area contributed by atoms with Crippen LogP contribution in [0.25, 0.3) is 0 Å². The van der Waals surface area contributed by atoms with E-state index < -0.39 is 5.60 Å². The van der Waals surface area contributed by atoms with Gasteiger partial charge in [-0.1, -0.05) is 12.1 Å². The van der Waals surface area contributed by atoms with Gasteiger partial charge in [0.1, 0.15) is 11.9 Å². The van der Waals surface area contributed by atoms with Crippen LogP contribution in [-0.4, -0.2) is 47.4 Å². The molecule has 1 aromatic rings. The summed E-state index contributed by atoms with van der Waals surface area (Å²) in [6.07, 6.45) is 3.42. The molecular formula is C18H24N2O2. The fourth-order valence-corrected chi connectivity index (χ4v) is 5.94. The Balaban J connectivity index is 1.86. The third kappa shape index (κ3) is 1.20. The minimum Gasteiger partial charge on any atom is -0.487 e. The molecular weight excluding hydrogens is 276 g/mol. The zero-order valence-electron chi connectivity index (χ0n) is 13.3. The standard InChI is InChI=1S/C18H24N2O2/c1-10-3-4-11-9-13-18(21)6-5-12(19)16-17(18,7-8-20(13)2)14(11)15(10)22-16/h3-4,12-13,16,21H,5-9,19H2,1-2H3/t12?,13-,16?,17+,18-/m0/s1. The first-order chi connectivity index (χ1) is 10.5. The molecule has 2 bridgehead atoms. The topological polar surface area (TPSA) is 58.7 Å². The molecule has 118 valence electrons. The fraction of sp³-hybridized carbons (Fsp3) is 0.667. The van der Waals surface area contributed by atoms with Crippen LogP contribution < -0.4 is 10.5 Å². The molecule has 2 heterocycles. The molecule has 4 aliphatic rings. The summed E-state index contributed by atoms with van der Waals surface area (Å²) in [6, 6.07) is 4.60. The third-order valence-electron chi connectivity index (χ3n) is 6.99. The summed E-state index contributed by atoms with van der Waals surface area (Å²) in [5.74, 6) is 1.02. The summed E-state index contributed by atoms with van der Waals surface area (Å²) in [5, 5.41) is 11.8. The van der Waals surface area contributed by atoms with Crippen LogP contribution in [0.1, 0.15) is 36.0 Å². The highest BCUT2D eigenvalue weighted by Gasteiger charge is 2.71. The molecule has 5 rings (SSSR count). The van der Waals surface area contributed by atoms with E-state index in [9.17, 15) is 5.11 Å². The largest absolute Gasteiger partial charge is 0.487 e. The Bertz CT molecular complexity index is 675. The van der Waals surface area contributed by atoms with Crippen molar-refractivity contribution in [3.05, 3.63) is 28.8 Å². The van der Waals surface area contributed by atoms with Crippen molar-refractivity contribution in [1.29, 1.82) is 0 Å². The highest BCUT2D eigenvalue weighted by Crippen LogP contribution is 2.64. The molecule has 0 aromatic heterocycles. The van der Waals surface area contributed by atoms with Crippen molar-refractivity contribution in [2.24, 2.45) is 5.73 Å². The molecule has 3 N–H and O–H groups in total. The zero-order valence-corrected chi connectivity index (χ0v) is 13.3. The second-order valence-electron chi connectivity index (χ2n) is 7.83. The van der Waals surface area contributed by atoms with Gasteiger partial charge in [-0.05, 0) is 57.3 Å². The maximum absolute atomic E-state index is 11.8. The van der Waals surface area contributed by atoms with Crippen molar-refractivity contribution < 1.29 is 9.84 Å². The maximum Gasteiger partial charge on any atom is 0.127 e. The molecule has 4 heteroatoms. The minimum atomic E-state index is -0.702. The van der Waals surface area contributed by atoms with E-state index in [1.807, 2.05) is 0 Å². The summed E-state index contributed by atoms with van der Waals surface area (Å²) in [5.41, 5.74) is 9.29. The first-order valence-corrected chi connectivity index (χ1v) is 8.47. The number of aryl methyl sites for hydroxylation is 1. The fourth-order valence-electron chi connectivity index (χ4n) is 5.94. The highest BCUT2D eigenvalue weighted by atomic mass is 16.5. The number of piperidine rings is 1. The van der Waals surface area contributed by atoms with Gasteiger partial charge in [0.15, 0.2) is 0 Å². The molecule has 1 aromatic carbocycles. The van der Waals surface area contributed by atoms with E-state index in [1.165, 1.54) is 16.7 Å². The average Bonchev–Trinajstić information content (AvgIpc) is 2.85. The van der Waals surface area contributed by atoms with Crippen LogP contribution in [-0.2, 0) is 11.8 Å². The van der Waals surface area contributed by atoms with Crippen molar-refractivity contribution in [2.45, 2.75) is 61.8 Å². The molecule has 2 aliphatic heterocycles. The lowest BCUT2D eigenvalue weighted by molar-refractivity contribution is -0.184. The van der Waals surface area contributed by atoms with Crippen molar-refractivity contribution in [3.8, 4) is 5.75 Å². The van der Waals surface area contributed by atoms with E-state index in [0.29, 0.717) is 0 Å². The lowest BCUT2D eigenvalue weighted by Gasteiger charge is -2.63. The molecule has 22 heavy (non-hydrogen) atoms. The van der Waals surface area contributed by atoms with Gasteiger partial charge in [-0.25, -0.2) is 0 Å². The lowest BCUT2D eigenvalue weighted by atomic mass is 9.48. The van der Waals surface area contributed by atoms with Crippen LogP contribution in [0.3, 0.4) is 0 Å². The Labute approximate surface area is 131 Å². The highest BCUT2D eigenvalue weighted by molar-refractivity contribution is 5.60. The predicted octanol–water partition coefficient (Wildman–Crippen LogP) is 1.11. The van der Waals surface area contributed by atoms with Gasteiger partial charge in [0.05, 0.1) is 11.0 Å². The van der Waals surface area contributed by atoms with Crippen molar-refractivity contribution in [1.82, 2.24) is 4.90 Å². The molecule has 1 saturated carbocycles. The van der Waals surface area contributed by atoms with Crippen molar-refractivity contribution >= 4 is 0 Å². The van der Waals surface area contributed by atoms with E-state index >= 15 is 0 Å². The molecule has 2 aliphatic carbocycles. The summed E-state index contributed by atoms with van der Waals surface area (Å²) >= 11 is 0. The van der Waals surface area contributed by atoms with Gasteiger partial charge in [0, 0.05) is 17.6 Å². The van der Waals surface area contributed by atoms with Crippen LogP contribution in [0.2, 0.25) is 0 Å². The number of hydrogen-bond acceptors (Lipinski definition) is 4.